The summed E-state index contributed by atoms with van der Waals surface area (Å²) < 4.78 is 1.50. The Hall–Kier alpha value is -1.63. The minimum Gasteiger partial charge on any atom is -0.272 e. The van der Waals surface area contributed by atoms with Crippen molar-refractivity contribution in [3.8, 4) is 0 Å². The van der Waals surface area contributed by atoms with Gasteiger partial charge in [0.25, 0.3) is 0 Å². The zero-order valence-corrected chi connectivity index (χ0v) is 9.34. The molecule has 7 heteroatoms. The SMILES string of the molecule is Cc1nn(C)c(N2CCCCO2)c1[N+](=O)[O-]. The molecule has 0 aliphatic carbocycles. The van der Waals surface area contributed by atoms with Crippen molar-refractivity contribution in [3.63, 3.8) is 0 Å². The second-order valence-corrected chi connectivity index (χ2v) is 3.78. The predicted molar refractivity (Wildman–Crippen MR) is 57.1 cm³/mol. The first-order chi connectivity index (χ1) is 7.61. The molecule has 16 heavy (non-hydrogen) atoms. The van der Waals surface area contributed by atoms with Crippen molar-refractivity contribution >= 4 is 11.5 Å². The van der Waals surface area contributed by atoms with Gasteiger partial charge in [0.05, 0.1) is 11.5 Å². The lowest BCUT2D eigenvalue weighted by molar-refractivity contribution is -0.385. The van der Waals surface area contributed by atoms with Crippen molar-refractivity contribution in [2.45, 2.75) is 19.8 Å². The normalized spacial score (nSPS) is 16.5. The van der Waals surface area contributed by atoms with Crippen LogP contribution in [0.2, 0.25) is 0 Å². The number of hydrogen-bond donors (Lipinski definition) is 0. The van der Waals surface area contributed by atoms with E-state index in [0.717, 1.165) is 12.8 Å². The Labute approximate surface area is 92.7 Å². The molecule has 0 atom stereocenters. The monoisotopic (exact) mass is 226 g/mol. The van der Waals surface area contributed by atoms with Gasteiger partial charge in [0, 0.05) is 13.6 Å². The van der Waals surface area contributed by atoms with Crippen molar-refractivity contribution in [3.05, 3.63) is 15.8 Å². The molecular weight excluding hydrogens is 212 g/mol. The summed E-state index contributed by atoms with van der Waals surface area (Å²) >= 11 is 0. The lowest BCUT2D eigenvalue weighted by Crippen LogP contribution is -2.31. The summed E-state index contributed by atoms with van der Waals surface area (Å²) in [4.78, 5) is 16.0. The van der Waals surface area contributed by atoms with Crippen LogP contribution in [0.4, 0.5) is 11.5 Å². The first kappa shape index (κ1) is 10.9. The third-order valence-electron chi connectivity index (χ3n) is 2.58. The van der Waals surface area contributed by atoms with Crippen molar-refractivity contribution in [1.82, 2.24) is 9.78 Å². The Bertz CT molecular complexity index is 409. The number of aromatic nitrogens is 2. The molecule has 0 unspecified atom stereocenters. The number of nitro groups is 1. The fourth-order valence-electron chi connectivity index (χ4n) is 1.89. The standard InChI is InChI=1S/C9H14N4O3/c1-7-8(13(14)15)9(11(2)10-7)12-5-3-4-6-16-12/h3-6H2,1-2H3. The van der Waals surface area contributed by atoms with Gasteiger partial charge in [0.1, 0.15) is 5.69 Å². The van der Waals surface area contributed by atoms with Crippen LogP contribution in [0.25, 0.3) is 0 Å². The molecule has 0 radical (unpaired) electrons. The topological polar surface area (TPSA) is 73.4 Å². The van der Waals surface area contributed by atoms with Crippen LogP contribution < -0.4 is 5.06 Å². The van der Waals surface area contributed by atoms with Gasteiger partial charge in [0.2, 0.25) is 5.82 Å². The molecule has 1 aromatic heterocycles. The van der Waals surface area contributed by atoms with E-state index in [0.29, 0.717) is 24.7 Å². The first-order valence-corrected chi connectivity index (χ1v) is 5.19. The zero-order valence-electron chi connectivity index (χ0n) is 9.34. The highest BCUT2D eigenvalue weighted by atomic mass is 16.7. The van der Waals surface area contributed by atoms with E-state index in [1.165, 1.54) is 4.68 Å². The fourth-order valence-corrected chi connectivity index (χ4v) is 1.89. The van der Waals surface area contributed by atoms with Gasteiger partial charge < -0.3 is 0 Å². The molecule has 1 aliphatic heterocycles. The van der Waals surface area contributed by atoms with Crippen LogP contribution in [0.1, 0.15) is 18.5 Å². The molecule has 2 heterocycles. The third kappa shape index (κ3) is 1.73. The maximum atomic E-state index is 11.0. The lowest BCUT2D eigenvalue weighted by atomic mass is 10.3. The quantitative estimate of drug-likeness (QED) is 0.559. The van der Waals surface area contributed by atoms with Crippen molar-refractivity contribution < 1.29 is 9.76 Å². The van der Waals surface area contributed by atoms with Gasteiger partial charge in [-0.05, 0) is 19.8 Å². The Morgan fingerprint density at radius 1 is 1.50 bits per heavy atom. The summed E-state index contributed by atoms with van der Waals surface area (Å²) in [5.41, 5.74) is 0.445. The molecule has 1 saturated heterocycles. The van der Waals surface area contributed by atoms with Gasteiger partial charge in [-0.15, -0.1) is 0 Å². The second kappa shape index (κ2) is 4.09. The number of hydroxylamine groups is 1. The van der Waals surface area contributed by atoms with Crippen LogP contribution in [0.5, 0.6) is 0 Å². The molecule has 1 aliphatic rings. The van der Waals surface area contributed by atoms with E-state index in [9.17, 15) is 10.1 Å². The van der Waals surface area contributed by atoms with E-state index in [1.54, 1.807) is 19.0 Å². The van der Waals surface area contributed by atoms with E-state index in [2.05, 4.69) is 5.10 Å². The van der Waals surface area contributed by atoms with Crippen molar-refractivity contribution in [2.75, 3.05) is 18.2 Å². The number of anilines is 1. The second-order valence-electron chi connectivity index (χ2n) is 3.78. The van der Waals surface area contributed by atoms with Gasteiger partial charge in [-0.2, -0.15) is 5.10 Å². The van der Waals surface area contributed by atoms with Crippen molar-refractivity contribution in [2.24, 2.45) is 7.05 Å². The van der Waals surface area contributed by atoms with Gasteiger partial charge in [-0.1, -0.05) is 0 Å². The van der Waals surface area contributed by atoms with E-state index >= 15 is 0 Å². The first-order valence-electron chi connectivity index (χ1n) is 5.19. The van der Waals surface area contributed by atoms with Crippen LogP contribution in [0.15, 0.2) is 0 Å². The molecule has 0 aromatic carbocycles. The molecule has 0 saturated carbocycles. The fraction of sp³-hybridized carbons (Fsp3) is 0.667. The van der Waals surface area contributed by atoms with Crippen LogP contribution >= 0.6 is 0 Å². The van der Waals surface area contributed by atoms with E-state index < -0.39 is 4.92 Å². The number of hydrogen-bond acceptors (Lipinski definition) is 5. The van der Waals surface area contributed by atoms with Crippen LogP contribution in [0, 0.1) is 17.0 Å². The molecule has 2 rings (SSSR count). The molecule has 0 spiro atoms. The minimum absolute atomic E-state index is 0.0319. The van der Waals surface area contributed by atoms with E-state index in [-0.39, 0.29) is 5.69 Å². The van der Waals surface area contributed by atoms with Gasteiger partial charge in [0.15, 0.2) is 0 Å². The molecule has 88 valence electrons. The number of rotatable bonds is 2. The smallest absolute Gasteiger partial charge is 0.272 e. The summed E-state index contributed by atoms with van der Waals surface area (Å²) in [7, 11) is 1.69. The Kier molecular flexibility index (Phi) is 2.78. The zero-order chi connectivity index (χ0) is 11.7. The maximum Gasteiger partial charge on any atom is 0.336 e. The molecule has 1 aromatic rings. The summed E-state index contributed by atoms with van der Waals surface area (Å²) in [6.45, 7) is 2.90. The maximum absolute atomic E-state index is 11.0. The van der Waals surface area contributed by atoms with Gasteiger partial charge in [-0.3, -0.25) is 15.0 Å². The van der Waals surface area contributed by atoms with Gasteiger partial charge >= 0.3 is 5.69 Å². The summed E-state index contributed by atoms with van der Waals surface area (Å²) in [5.74, 6) is 0.433. The Balaban J connectivity index is 2.41. The van der Waals surface area contributed by atoms with E-state index in [1.807, 2.05) is 0 Å². The largest absolute Gasteiger partial charge is 0.336 e. The highest BCUT2D eigenvalue weighted by Gasteiger charge is 2.29. The molecule has 0 N–H and O–H groups in total. The summed E-state index contributed by atoms with van der Waals surface area (Å²) in [6, 6.07) is 0. The van der Waals surface area contributed by atoms with Gasteiger partial charge in [-0.25, -0.2) is 9.75 Å². The Morgan fingerprint density at radius 2 is 2.25 bits per heavy atom. The van der Waals surface area contributed by atoms with Crippen molar-refractivity contribution in [1.29, 1.82) is 0 Å². The summed E-state index contributed by atoms with van der Waals surface area (Å²) in [6.07, 6.45) is 1.96. The molecule has 0 amide bonds. The number of nitrogens with zero attached hydrogens (tertiary/aromatic N) is 4. The van der Waals surface area contributed by atoms with E-state index in [4.69, 9.17) is 4.84 Å². The average molecular weight is 226 g/mol. The van der Waals surface area contributed by atoms with Crippen LogP contribution in [-0.4, -0.2) is 27.9 Å². The Morgan fingerprint density at radius 3 is 2.81 bits per heavy atom. The highest BCUT2D eigenvalue weighted by molar-refractivity contribution is 5.59. The minimum atomic E-state index is -0.407. The molecule has 0 bridgehead atoms. The summed E-state index contributed by atoms with van der Waals surface area (Å²) in [5, 5.41) is 16.6. The average Bonchev–Trinajstić information content (AvgIpc) is 2.55. The third-order valence-corrected chi connectivity index (χ3v) is 2.58. The van der Waals surface area contributed by atoms with Crippen LogP contribution in [0.3, 0.4) is 0 Å². The lowest BCUT2D eigenvalue weighted by Gasteiger charge is -2.26. The molecule has 7 nitrogen and oxygen atoms in total. The predicted octanol–water partition coefficient (Wildman–Crippen LogP) is 1.17. The van der Waals surface area contributed by atoms with Crippen LogP contribution in [-0.2, 0) is 11.9 Å². The number of aryl methyl sites for hydroxylation is 2. The highest BCUT2D eigenvalue weighted by Crippen LogP contribution is 2.32. The molecule has 1 fully saturated rings. The molecular formula is C9H14N4O3.